The molecule has 0 saturated heterocycles. The lowest BCUT2D eigenvalue weighted by Crippen LogP contribution is -2.05. The zero-order chi connectivity index (χ0) is 17.1. The van der Waals surface area contributed by atoms with Gasteiger partial charge in [-0.05, 0) is 67.4 Å². The average Bonchev–Trinajstić information content (AvgIpc) is 2.72. The van der Waals surface area contributed by atoms with Crippen molar-refractivity contribution in [1.29, 1.82) is 0 Å². The van der Waals surface area contributed by atoms with Crippen LogP contribution in [0, 0.1) is 0 Å². The van der Waals surface area contributed by atoms with Gasteiger partial charge >= 0.3 is 0 Å². The maximum absolute atomic E-state index is 2.43. The van der Waals surface area contributed by atoms with Gasteiger partial charge in [-0.2, -0.15) is 0 Å². The Hall–Kier alpha value is -2.60. The molecule has 5 aromatic rings. The molecule has 1 aliphatic carbocycles. The molecule has 0 unspecified atom stereocenters. The topological polar surface area (TPSA) is 0 Å². The molecule has 5 aromatic carbocycles. The smallest absolute Gasteiger partial charge is 0.00235 e. The molecule has 0 nitrogen and oxygen atoms in total. The van der Waals surface area contributed by atoms with E-state index in [2.05, 4.69) is 66.7 Å². The monoisotopic (exact) mass is 334 g/mol. The Bertz CT molecular complexity index is 1200. The summed E-state index contributed by atoms with van der Waals surface area (Å²) in [6, 6.07) is 25.3. The van der Waals surface area contributed by atoms with E-state index in [9.17, 15) is 0 Å². The molecule has 1 saturated carbocycles. The van der Waals surface area contributed by atoms with E-state index < -0.39 is 0 Å². The fourth-order valence-corrected chi connectivity index (χ4v) is 5.44. The molecule has 0 aliphatic heterocycles. The van der Waals surface area contributed by atoms with Gasteiger partial charge in [0.1, 0.15) is 0 Å². The molecule has 6 rings (SSSR count). The second kappa shape index (κ2) is 5.45. The second-order valence-corrected chi connectivity index (χ2v) is 7.97. The van der Waals surface area contributed by atoms with Gasteiger partial charge in [-0.15, -0.1) is 0 Å². The zero-order valence-electron chi connectivity index (χ0n) is 15.0. The standard InChI is InChI=1S/C26H22/c1-2-7-17(8-3-1)19-15-16-24-22-12-5-10-18-9-4-11-21(25(18)22)23-14-6-13-20(19)26(23)24/h4-6,9-17H,1-3,7-8H2. The Morgan fingerprint density at radius 3 is 1.81 bits per heavy atom. The van der Waals surface area contributed by atoms with Crippen LogP contribution in [0.3, 0.4) is 0 Å². The molecule has 0 radical (unpaired) electrons. The molecule has 0 amide bonds. The van der Waals surface area contributed by atoms with Crippen molar-refractivity contribution in [2.75, 3.05) is 0 Å². The molecule has 0 spiro atoms. The Morgan fingerprint density at radius 1 is 0.500 bits per heavy atom. The van der Waals surface area contributed by atoms with Crippen LogP contribution in [0.15, 0.2) is 66.7 Å². The summed E-state index contributed by atoms with van der Waals surface area (Å²) >= 11 is 0. The Labute approximate surface area is 153 Å². The Kier molecular flexibility index (Phi) is 3.05. The molecule has 26 heavy (non-hydrogen) atoms. The van der Waals surface area contributed by atoms with Crippen molar-refractivity contribution in [2.45, 2.75) is 38.0 Å². The minimum atomic E-state index is 0.737. The first-order valence-corrected chi connectivity index (χ1v) is 10.00. The maximum atomic E-state index is 2.43. The van der Waals surface area contributed by atoms with Gasteiger partial charge in [-0.3, -0.25) is 0 Å². The first-order valence-electron chi connectivity index (χ1n) is 10.00. The molecule has 0 heterocycles. The fraction of sp³-hybridized carbons (Fsp3) is 0.231. The van der Waals surface area contributed by atoms with Gasteiger partial charge in [-0.25, -0.2) is 0 Å². The Morgan fingerprint density at radius 2 is 1.08 bits per heavy atom. The summed E-state index contributed by atoms with van der Waals surface area (Å²) in [5.41, 5.74) is 1.58. The molecule has 0 N–H and O–H groups in total. The normalized spacial score (nSPS) is 16.3. The number of hydrogen-bond acceptors (Lipinski definition) is 0. The van der Waals surface area contributed by atoms with Crippen LogP contribution in [0.25, 0.3) is 43.1 Å². The van der Waals surface area contributed by atoms with Crippen molar-refractivity contribution in [1.82, 2.24) is 0 Å². The number of hydrogen-bond donors (Lipinski definition) is 0. The SMILES string of the molecule is c1cc2cccc3c4ccc(C5CCCCC5)c5cccc(c(c1)c23)c54. The second-order valence-electron chi connectivity index (χ2n) is 7.97. The summed E-state index contributed by atoms with van der Waals surface area (Å²) in [4.78, 5) is 0. The van der Waals surface area contributed by atoms with Crippen molar-refractivity contribution in [2.24, 2.45) is 0 Å². The summed E-state index contributed by atoms with van der Waals surface area (Å²) < 4.78 is 0. The summed E-state index contributed by atoms with van der Waals surface area (Å²) in [6.45, 7) is 0. The molecule has 0 heteroatoms. The highest BCUT2D eigenvalue weighted by atomic mass is 14.2. The van der Waals surface area contributed by atoms with Crippen LogP contribution in [0.2, 0.25) is 0 Å². The van der Waals surface area contributed by atoms with E-state index in [1.54, 1.807) is 5.56 Å². The number of benzene rings is 5. The van der Waals surface area contributed by atoms with Gasteiger partial charge in [0.25, 0.3) is 0 Å². The van der Waals surface area contributed by atoms with Crippen LogP contribution in [-0.2, 0) is 0 Å². The lowest BCUT2D eigenvalue weighted by molar-refractivity contribution is 0.445. The first kappa shape index (κ1) is 14.6. The molecule has 0 bridgehead atoms. The lowest BCUT2D eigenvalue weighted by Gasteiger charge is -2.24. The number of rotatable bonds is 1. The van der Waals surface area contributed by atoms with Crippen molar-refractivity contribution in [3.8, 4) is 0 Å². The average molecular weight is 334 g/mol. The third-order valence-corrected chi connectivity index (χ3v) is 6.60. The van der Waals surface area contributed by atoms with Crippen LogP contribution in [0.4, 0.5) is 0 Å². The highest BCUT2D eigenvalue weighted by Gasteiger charge is 2.20. The highest BCUT2D eigenvalue weighted by Crippen LogP contribution is 2.44. The highest BCUT2D eigenvalue weighted by molar-refractivity contribution is 6.33. The quantitative estimate of drug-likeness (QED) is 0.217. The summed E-state index contributed by atoms with van der Waals surface area (Å²) in [7, 11) is 0. The molecule has 126 valence electrons. The number of fused-ring (bicyclic) bond motifs is 2. The van der Waals surface area contributed by atoms with E-state index in [0.29, 0.717) is 0 Å². The molecule has 1 fully saturated rings. The van der Waals surface area contributed by atoms with Crippen molar-refractivity contribution in [3.63, 3.8) is 0 Å². The molecule has 0 atom stereocenters. The van der Waals surface area contributed by atoms with Crippen LogP contribution in [0.1, 0.15) is 43.6 Å². The summed E-state index contributed by atoms with van der Waals surface area (Å²) in [5, 5.41) is 11.4. The van der Waals surface area contributed by atoms with Gasteiger partial charge in [0.2, 0.25) is 0 Å². The van der Waals surface area contributed by atoms with E-state index in [4.69, 9.17) is 0 Å². The largest absolute Gasteiger partial charge is 0.0610 e. The molecule has 1 aliphatic rings. The third-order valence-electron chi connectivity index (χ3n) is 6.60. The van der Waals surface area contributed by atoms with E-state index in [1.165, 1.54) is 75.2 Å². The predicted octanol–water partition coefficient (Wildman–Crippen LogP) is 7.78. The zero-order valence-corrected chi connectivity index (χ0v) is 15.0. The van der Waals surface area contributed by atoms with Gasteiger partial charge in [0, 0.05) is 0 Å². The van der Waals surface area contributed by atoms with Crippen molar-refractivity contribution < 1.29 is 0 Å². The maximum Gasteiger partial charge on any atom is -0.00235 e. The van der Waals surface area contributed by atoms with Gasteiger partial charge in [-0.1, -0.05) is 86.0 Å². The minimum absolute atomic E-state index is 0.737. The molecular formula is C26H22. The van der Waals surface area contributed by atoms with Crippen molar-refractivity contribution in [3.05, 3.63) is 72.3 Å². The predicted molar refractivity (Wildman–Crippen MR) is 113 cm³/mol. The van der Waals surface area contributed by atoms with E-state index in [1.807, 2.05) is 0 Å². The van der Waals surface area contributed by atoms with Crippen LogP contribution < -0.4 is 0 Å². The van der Waals surface area contributed by atoms with Gasteiger partial charge in [0.05, 0.1) is 0 Å². The minimum Gasteiger partial charge on any atom is -0.0610 e. The third kappa shape index (κ3) is 1.90. The Balaban J connectivity index is 1.81. The van der Waals surface area contributed by atoms with E-state index in [-0.39, 0.29) is 0 Å². The van der Waals surface area contributed by atoms with E-state index in [0.717, 1.165) is 5.92 Å². The van der Waals surface area contributed by atoms with Crippen LogP contribution >= 0.6 is 0 Å². The van der Waals surface area contributed by atoms with Gasteiger partial charge < -0.3 is 0 Å². The molecule has 0 aromatic heterocycles. The fourth-order valence-electron chi connectivity index (χ4n) is 5.44. The summed E-state index contributed by atoms with van der Waals surface area (Å²) in [5.74, 6) is 0.737. The summed E-state index contributed by atoms with van der Waals surface area (Å²) in [6.07, 6.45) is 6.88. The van der Waals surface area contributed by atoms with Crippen LogP contribution in [0.5, 0.6) is 0 Å². The lowest BCUT2D eigenvalue weighted by atomic mass is 9.80. The van der Waals surface area contributed by atoms with E-state index >= 15 is 0 Å². The van der Waals surface area contributed by atoms with Crippen LogP contribution in [-0.4, -0.2) is 0 Å². The molecular weight excluding hydrogens is 312 g/mol. The van der Waals surface area contributed by atoms with Crippen molar-refractivity contribution >= 4 is 43.1 Å². The van der Waals surface area contributed by atoms with Gasteiger partial charge in [0.15, 0.2) is 0 Å². The first-order chi connectivity index (χ1) is 12.9.